The predicted octanol–water partition coefficient (Wildman–Crippen LogP) is 3.73. The summed E-state index contributed by atoms with van der Waals surface area (Å²) in [7, 11) is 4.70. The fraction of sp³-hybridized carbons (Fsp3) is 0.190. The average molecular weight is 406 g/mol. The molecule has 2 aromatic heterocycles. The van der Waals surface area contributed by atoms with Gasteiger partial charge in [0, 0.05) is 24.4 Å². The Labute approximate surface area is 173 Å². The van der Waals surface area contributed by atoms with Gasteiger partial charge in [0.05, 0.1) is 27.7 Å². The van der Waals surface area contributed by atoms with Gasteiger partial charge < -0.3 is 29.8 Å². The first kappa shape index (κ1) is 19.3. The molecule has 0 amide bonds. The van der Waals surface area contributed by atoms with Gasteiger partial charge in [0.25, 0.3) is 0 Å². The summed E-state index contributed by atoms with van der Waals surface area (Å²) in [5, 5.41) is 6.54. The highest BCUT2D eigenvalue weighted by Crippen LogP contribution is 2.40. The van der Waals surface area contributed by atoms with Gasteiger partial charge in [0.2, 0.25) is 11.7 Å². The lowest BCUT2D eigenvalue weighted by molar-refractivity contribution is 0.324. The van der Waals surface area contributed by atoms with E-state index in [9.17, 15) is 0 Å². The fourth-order valence-electron chi connectivity index (χ4n) is 3.08. The van der Waals surface area contributed by atoms with Crippen molar-refractivity contribution in [2.45, 2.75) is 6.54 Å². The summed E-state index contributed by atoms with van der Waals surface area (Å²) >= 11 is 0. The van der Waals surface area contributed by atoms with Crippen molar-refractivity contribution in [1.82, 2.24) is 19.9 Å². The second kappa shape index (κ2) is 8.56. The Hall–Kier alpha value is -4.01. The minimum atomic E-state index is 0.388. The molecule has 154 valence electrons. The zero-order valence-corrected chi connectivity index (χ0v) is 16.9. The maximum Gasteiger partial charge on any atom is 0.231 e. The maximum atomic E-state index is 5.41. The van der Waals surface area contributed by atoms with E-state index in [4.69, 9.17) is 14.2 Å². The van der Waals surface area contributed by atoms with Crippen molar-refractivity contribution in [3.8, 4) is 17.2 Å². The molecule has 30 heavy (non-hydrogen) atoms. The number of anilines is 3. The van der Waals surface area contributed by atoms with Gasteiger partial charge in [-0.25, -0.2) is 4.98 Å². The molecule has 0 radical (unpaired) electrons. The second-order valence-electron chi connectivity index (χ2n) is 6.38. The minimum absolute atomic E-state index is 0.388. The van der Waals surface area contributed by atoms with Crippen LogP contribution >= 0.6 is 0 Å². The van der Waals surface area contributed by atoms with Gasteiger partial charge in [-0.1, -0.05) is 30.3 Å². The molecule has 0 aliphatic carbocycles. The van der Waals surface area contributed by atoms with Gasteiger partial charge in [-0.05, 0) is 5.56 Å². The highest BCUT2D eigenvalue weighted by atomic mass is 16.5. The number of nitrogens with zero attached hydrogens (tertiary/aromatic N) is 3. The molecule has 2 heterocycles. The number of rotatable bonds is 8. The van der Waals surface area contributed by atoms with Crippen molar-refractivity contribution in [3.63, 3.8) is 0 Å². The maximum absolute atomic E-state index is 5.41. The molecule has 4 rings (SSSR count). The number of hydrogen-bond acceptors (Lipinski definition) is 8. The van der Waals surface area contributed by atoms with Crippen molar-refractivity contribution in [1.29, 1.82) is 0 Å². The van der Waals surface area contributed by atoms with Gasteiger partial charge in [0.1, 0.15) is 5.52 Å². The molecule has 3 N–H and O–H groups in total. The summed E-state index contributed by atoms with van der Waals surface area (Å²) in [6.07, 6.45) is 1.59. The van der Waals surface area contributed by atoms with E-state index in [1.165, 1.54) is 0 Å². The number of aromatic nitrogens is 4. The fourth-order valence-corrected chi connectivity index (χ4v) is 3.08. The number of ether oxygens (including phenoxy) is 3. The number of imidazole rings is 1. The number of fused-ring (bicyclic) bond motifs is 1. The third kappa shape index (κ3) is 3.90. The number of nitrogens with one attached hydrogen (secondary N) is 3. The van der Waals surface area contributed by atoms with Crippen LogP contribution in [-0.2, 0) is 6.54 Å². The molecular formula is C21H22N6O3. The van der Waals surface area contributed by atoms with Gasteiger partial charge in [-0.3, -0.25) is 0 Å². The van der Waals surface area contributed by atoms with E-state index >= 15 is 0 Å². The van der Waals surface area contributed by atoms with E-state index in [-0.39, 0.29) is 0 Å². The summed E-state index contributed by atoms with van der Waals surface area (Å²) in [6.45, 7) is 0.621. The molecule has 9 heteroatoms. The van der Waals surface area contributed by atoms with Crippen LogP contribution in [0, 0.1) is 0 Å². The van der Waals surface area contributed by atoms with Gasteiger partial charge in [-0.2, -0.15) is 9.97 Å². The third-order valence-electron chi connectivity index (χ3n) is 4.51. The highest BCUT2D eigenvalue weighted by molar-refractivity contribution is 5.84. The molecule has 0 bridgehead atoms. The topological polar surface area (TPSA) is 106 Å². The molecule has 4 aromatic rings. The Bertz CT molecular complexity index is 1120. The predicted molar refractivity (Wildman–Crippen MR) is 115 cm³/mol. The number of aromatic amines is 1. The molecule has 9 nitrogen and oxygen atoms in total. The van der Waals surface area contributed by atoms with E-state index in [0.717, 1.165) is 11.1 Å². The van der Waals surface area contributed by atoms with Gasteiger partial charge >= 0.3 is 0 Å². The number of benzene rings is 2. The van der Waals surface area contributed by atoms with Crippen LogP contribution in [0.5, 0.6) is 17.2 Å². The standard InChI is InChI=1S/C21H22N6O3/c1-28-15-9-14(10-16(29-2)18(15)30-3)25-21-26-19(17-20(27-21)24-12-23-17)22-11-13-7-5-4-6-8-13/h4-10,12H,11H2,1-3H3,(H3,22,23,24,25,26,27). The molecular weight excluding hydrogens is 384 g/mol. The van der Waals surface area contributed by atoms with E-state index in [1.807, 2.05) is 30.3 Å². The average Bonchev–Trinajstić information content (AvgIpc) is 3.26. The molecule has 0 fully saturated rings. The smallest absolute Gasteiger partial charge is 0.231 e. The Balaban J connectivity index is 1.65. The van der Waals surface area contributed by atoms with Crippen LogP contribution < -0.4 is 24.8 Å². The number of hydrogen-bond donors (Lipinski definition) is 3. The SMILES string of the molecule is COc1cc(Nc2nc(NCc3ccccc3)c3[nH]cnc3n2)cc(OC)c1OC. The van der Waals surface area contributed by atoms with Crippen LogP contribution in [0.1, 0.15) is 5.56 Å². The lowest BCUT2D eigenvalue weighted by atomic mass is 10.2. The van der Waals surface area contributed by atoms with E-state index in [2.05, 4.69) is 30.6 Å². The molecule has 0 spiro atoms. The molecule has 0 saturated carbocycles. The highest BCUT2D eigenvalue weighted by Gasteiger charge is 2.15. The Morgan fingerprint density at radius 3 is 2.33 bits per heavy atom. The van der Waals surface area contributed by atoms with Crippen LogP contribution in [-0.4, -0.2) is 41.3 Å². The molecule has 0 unspecified atom stereocenters. The Morgan fingerprint density at radius 1 is 0.933 bits per heavy atom. The quantitative estimate of drug-likeness (QED) is 0.406. The minimum Gasteiger partial charge on any atom is -0.493 e. The lowest BCUT2D eigenvalue weighted by Crippen LogP contribution is -2.06. The summed E-state index contributed by atoms with van der Waals surface area (Å²) in [5.74, 6) is 2.61. The van der Waals surface area contributed by atoms with Gasteiger partial charge in [-0.15, -0.1) is 0 Å². The van der Waals surface area contributed by atoms with Crippen LogP contribution in [0.25, 0.3) is 11.2 Å². The number of H-pyrrole nitrogens is 1. The molecule has 0 aliphatic heterocycles. The lowest BCUT2D eigenvalue weighted by Gasteiger charge is -2.15. The Kier molecular flexibility index (Phi) is 5.51. The van der Waals surface area contributed by atoms with Crippen LogP contribution in [0.15, 0.2) is 48.8 Å². The monoisotopic (exact) mass is 406 g/mol. The van der Waals surface area contributed by atoms with Crippen molar-refractivity contribution >= 4 is 28.6 Å². The van der Waals surface area contributed by atoms with E-state index < -0.39 is 0 Å². The van der Waals surface area contributed by atoms with Crippen molar-refractivity contribution in [2.75, 3.05) is 32.0 Å². The van der Waals surface area contributed by atoms with Gasteiger partial charge in [0.15, 0.2) is 23.0 Å². The summed E-state index contributed by atoms with van der Waals surface area (Å²) < 4.78 is 16.2. The first-order valence-corrected chi connectivity index (χ1v) is 9.27. The van der Waals surface area contributed by atoms with E-state index in [0.29, 0.717) is 46.9 Å². The van der Waals surface area contributed by atoms with Crippen LogP contribution in [0.4, 0.5) is 17.5 Å². The third-order valence-corrected chi connectivity index (χ3v) is 4.51. The molecule has 0 saturated heterocycles. The zero-order valence-electron chi connectivity index (χ0n) is 16.9. The molecule has 0 atom stereocenters. The number of methoxy groups -OCH3 is 3. The summed E-state index contributed by atoms with van der Waals surface area (Å²) in [4.78, 5) is 16.5. The molecule has 0 aliphatic rings. The summed E-state index contributed by atoms with van der Waals surface area (Å²) in [5.41, 5.74) is 3.12. The van der Waals surface area contributed by atoms with E-state index in [1.54, 1.807) is 39.8 Å². The normalized spacial score (nSPS) is 10.6. The van der Waals surface area contributed by atoms with Crippen LogP contribution in [0.2, 0.25) is 0 Å². The second-order valence-corrected chi connectivity index (χ2v) is 6.38. The largest absolute Gasteiger partial charge is 0.493 e. The van der Waals surface area contributed by atoms with Crippen LogP contribution in [0.3, 0.4) is 0 Å². The summed E-state index contributed by atoms with van der Waals surface area (Å²) in [6, 6.07) is 13.7. The van der Waals surface area contributed by atoms with Crippen molar-refractivity contribution in [2.24, 2.45) is 0 Å². The van der Waals surface area contributed by atoms with Crippen molar-refractivity contribution < 1.29 is 14.2 Å². The van der Waals surface area contributed by atoms with Crippen molar-refractivity contribution in [3.05, 3.63) is 54.4 Å². The zero-order chi connectivity index (χ0) is 20.9. The first-order valence-electron chi connectivity index (χ1n) is 9.27. The Morgan fingerprint density at radius 2 is 1.67 bits per heavy atom. The first-order chi connectivity index (χ1) is 14.7. The molecule has 2 aromatic carbocycles.